The van der Waals surface area contributed by atoms with Crippen molar-refractivity contribution in [1.29, 1.82) is 0 Å². The van der Waals surface area contributed by atoms with Crippen LogP contribution in [-0.4, -0.2) is 34.8 Å². The maximum absolute atomic E-state index is 12.8. The lowest BCUT2D eigenvalue weighted by Gasteiger charge is -2.30. The molecule has 6 nitrogen and oxygen atoms in total. The topological polar surface area (TPSA) is 78.5 Å². The van der Waals surface area contributed by atoms with E-state index in [1.807, 2.05) is 49.4 Å². The summed E-state index contributed by atoms with van der Waals surface area (Å²) in [6.07, 6.45) is 4.23. The average molecular weight is 379 g/mol. The zero-order chi connectivity index (χ0) is 19.7. The molecule has 4 amide bonds. The van der Waals surface area contributed by atoms with Crippen molar-refractivity contribution >= 4 is 28.6 Å². The molecule has 0 radical (unpaired) electrons. The minimum absolute atomic E-state index is 0.233. The van der Waals surface area contributed by atoms with Crippen LogP contribution in [0.5, 0.6) is 0 Å². The number of urea groups is 1. The molecule has 2 aromatic rings. The number of hydrogen-bond donors (Lipinski definition) is 2. The smallest absolute Gasteiger partial charge is 0.325 e. The number of amides is 4. The summed E-state index contributed by atoms with van der Waals surface area (Å²) in [6.45, 7) is 1.66. The highest BCUT2D eigenvalue weighted by Gasteiger charge is 2.51. The van der Waals surface area contributed by atoms with E-state index >= 15 is 0 Å². The summed E-state index contributed by atoms with van der Waals surface area (Å²) in [5.41, 5.74) is 0.212. The Morgan fingerprint density at radius 3 is 2.61 bits per heavy atom. The van der Waals surface area contributed by atoms with Gasteiger partial charge in [-0.3, -0.25) is 14.5 Å². The summed E-state index contributed by atoms with van der Waals surface area (Å²) >= 11 is 0. The number of rotatable bonds is 4. The molecule has 0 bridgehead atoms. The van der Waals surface area contributed by atoms with E-state index in [0.717, 1.165) is 40.5 Å². The summed E-state index contributed by atoms with van der Waals surface area (Å²) in [5, 5.41) is 7.96. The minimum atomic E-state index is -0.795. The highest BCUT2D eigenvalue weighted by Crippen LogP contribution is 2.33. The Morgan fingerprint density at radius 2 is 1.82 bits per heavy atom. The Kier molecular flexibility index (Phi) is 4.79. The van der Waals surface area contributed by atoms with E-state index in [4.69, 9.17) is 0 Å². The monoisotopic (exact) mass is 379 g/mol. The van der Waals surface area contributed by atoms with Gasteiger partial charge in [-0.1, -0.05) is 61.7 Å². The third kappa shape index (κ3) is 3.23. The average Bonchev–Trinajstić information content (AvgIpc) is 2.92. The van der Waals surface area contributed by atoms with Gasteiger partial charge in [-0.15, -0.1) is 0 Å². The van der Waals surface area contributed by atoms with Crippen LogP contribution in [0.15, 0.2) is 42.5 Å². The standard InChI is InChI=1S/C22H25N3O3/c1-15(17-11-7-9-16-8-3-4-10-18(16)17)23-19(26)14-25-20(27)22(24-21(25)28)12-5-2-6-13-22/h3-4,7-11,15H,2,5-6,12-14H2,1H3,(H,23,26)(H,24,28). The number of nitrogens with one attached hydrogen (secondary N) is 2. The molecule has 1 aliphatic carbocycles. The van der Waals surface area contributed by atoms with Crippen LogP contribution in [0.1, 0.15) is 50.6 Å². The van der Waals surface area contributed by atoms with Crippen molar-refractivity contribution in [1.82, 2.24) is 15.5 Å². The van der Waals surface area contributed by atoms with Crippen molar-refractivity contribution in [2.24, 2.45) is 0 Å². The summed E-state index contributed by atoms with van der Waals surface area (Å²) < 4.78 is 0. The van der Waals surface area contributed by atoms with Gasteiger partial charge < -0.3 is 10.6 Å². The zero-order valence-corrected chi connectivity index (χ0v) is 16.0. The molecule has 4 rings (SSSR count). The van der Waals surface area contributed by atoms with Gasteiger partial charge in [-0.25, -0.2) is 4.79 Å². The van der Waals surface area contributed by atoms with Crippen molar-refractivity contribution in [3.05, 3.63) is 48.0 Å². The molecule has 28 heavy (non-hydrogen) atoms. The van der Waals surface area contributed by atoms with E-state index in [9.17, 15) is 14.4 Å². The molecule has 146 valence electrons. The first-order chi connectivity index (χ1) is 13.5. The fourth-order valence-electron chi connectivity index (χ4n) is 4.45. The van der Waals surface area contributed by atoms with Crippen molar-refractivity contribution in [2.45, 2.75) is 50.6 Å². The van der Waals surface area contributed by atoms with Crippen LogP contribution in [0.2, 0.25) is 0 Å². The van der Waals surface area contributed by atoms with Crippen LogP contribution in [-0.2, 0) is 9.59 Å². The van der Waals surface area contributed by atoms with Gasteiger partial charge in [0, 0.05) is 0 Å². The van der Waals surface area contributed by atoms with Crippen molar-refractivity contribution < 1.29 is 14.4 Å². The van der Waals surface area contributed by atoms with Gasteiger partial charge in [-0.2, -0.15) is 0 Å². The largest absolute Gasteiger partial charge is 0.348 e. The van der Waals surface area contributed by atoms with Crippen LogP contribution in [0.3, 0.4) is 0 Å². The Morgan fingerprint density at radius 1 is 1.11 bits per heavy atom. The van der Waals surface area contributed by atoms with E-state index < -0.39 is 11.6 Å². The van der Waals surface area contributed by atoms with Gasteiger partial charge >= 0.3 is 6.03 Å². The van der Waals surface area contributed by atoms with E-state index in [-0.39, 0.29) is 24.4 Å². The number of fused-ring (bicyclic) bond motifs is 1. The second kappa shape index (κ2) is 7.26. The molecule has 0 aromatic heterocycles. The molecule has 1 heterocycles. The van der Waals surface area contributed by atoms with Gasteiger partial charge in [0.1, 0.15) is 12.1 Å². The molecule has 1 aliphatic heterocycles. The third-order valence-corrected chi connectivity index (χ3v) is 5.92. The number of nitrogens with zero attached hydrogens (tertiary/aromatic N) is 1. The molecule has 1 spiro atoms. The predicted molar refractivity (Wildman–Crippen MR) is 107 cm³/mol. The van der Waals surface area contributed by atoms with Crippen LogP contribution in [0.25, 0.3) is 10.8 Å². The predicted octanol–water partition coefficient (Wildman–Crippen LogP) is 3.27. The van der Waals surface area contributed by atoms with E-state index in [2.05, 4.69) is 10.6 Å². The maximum atomic E-state index is 12.8. The summed E-state index contributed by atoms with van der Waals surface area (Å²) in [5.74, 6) is -0.595. The molecular weight excluding hydrogens is 354 g/mol. The van der Waals surface area contributed by atoms with Crippen molar-refractivity contribution in [3.8, 4) is 0 Å². The highest BCUT2D eigenvalue weighted by molar-refractivity contribution is 6.09. The Bertz CT molecular complexity index is 928. The normalized spacial score (nSPS) is 19.7. The van der Waals surface area contributed by atoms with E-state index in [1.165, 1.54) is 0 Å². The summed E-state index contributed by atoms with van der Waals surface area (Å²) in [4.78, 5) is 38.8. The Labute approximate surface area is 164 Å². The molecular formula is C22H25N3O3. The minimum Gasteiger partial charge on any atom is -0.348 e. The number of hydrogen-bond acceptors (Lipinski definition) is 3. The second-order valence-electron chi connectivity index (χ2n) is 7.82. The highest BCUT2D eigenvalue weighted by atomic mass is 16.2. The lowest BCUT2D eigenvalue weighted by molar-refractivity contribution is -0.136. The van der Waals surface area contributed by atoms with Gasteiger partial charge in [-0.05, 0) is 36.1 Å². The fraction of sp³-hybridized carbons (Fsp3) is 0.409. The first kappa shape index (κ1) is 18.5. The molecule has 2 N–H and O–H groups in total. The van der Waals surface area contributed by atoms with Crippen LogP contribution < -0.4 is 10.6 Å². The Balaban J connectivity index is 1.45. The molecule has 2 fully saturated rings. The lowest BCUT2D eigenvalue weighted by Crippen LogP contribution is -2.49. The first-order valence-electron chi connectivity index (χ1n) is 9.91. The van der Waals surface area contributed by atoms with Crippen LogP contribution >= 0.6 is 0 Å². The molecule has 1 saturated carbocycles. The van der Waals surface area contributed by atoms with Gasteiger partial charge in [0.15, 0.2) is 0 Å². The zero-order valence-electron chi connectivity index (χ0n) is 16.0. The fourth-order valence-corrected chi connectivity index (χ4v) is 4.45. The maximum Gasteiger partial charge on any atom is 0.325 e. The van der Waals surface area contributed by atoms with Gasteiger partial charge in [0.25, 0.3) is 5.91 Å². The number of carbonyl (C=O) groups is 3. The SMILES string of the molecule is CC(NC(=O)CN1C(=O)NC2(CCCCC2)C1=O)c1cccc2ccccc12. The van der Waals surface area contributed by atoms with Crippen LogP contribution in [0.4, 0.5) is 4.79 Å². The second-order valence-corrected chi connectivity index (χ2v) is 7.82. The van der Waals surface area contributed by atoms with Crippen molar-refractivity contribution in [3.63, 3.8) is 0 Å². The number of carbonyl (C=O) groups excluding carboxylic acids is 3. The molecule has 1 unspecified atom stereocenters. The molecule has 2 aliphatic rings. The Hall–Kier alpha value is -2.89. The first-order valence-corrected chi connectivity index (χ1v) is 9.91. The quantitative estimate of drug-likeness (QED) is 0.801. The van der Waals surface area contributed by atoms with Gasteiger partial charge in [0.2, 0.25) is 5.91 Å². The number of imide groups is 1. The van der Waals surface area contributed by atoms with Gasteiger partial charge in [0.05, 0.1) is 6.04 Å². The number of benzene rings is 2. The molecule has 2 aromatic carbocycles. The molecule has 1 saturated heterocycles. The third-order valence-electron chi connectivity index (χ3n) is 5.92. The lowest BCUT2D eigenvalue weighted by atomic mass is 9.82. The van der Waals surface area contributed by atoms with E-state index in [0.29, 0.717) is 12.8 Å². The molecule has 1 atom stereocenters. The summed E-state index contributed by atoms with van der Waals surface area (Å²) in [6, 6.07) is 13.3. The van der Waals surface area contributed by atoms with Crippen LogP contribution in [0, 0.1) is 0 Å². The van der Waals surface area contributed by atoms with Crippen molar-refractivity contribution in [2.75, 3.05) is 6.54 Å². The molecule has 6 heteroatoms. The summed E-state index contributed by atoms with van der Waals surface area (Å²) in [7, 11) is 0. The van der Waals surface area contributed by atoms with E-state index in [1.54, 1.807) is 0 Å².